The number of rotatable bonds is 10. The Labute approximate surface area is 141 Å². The minimum Gasteiger partial charge on any atom is -0.397 e. The molecule has 2 aromatic carbocycles. The normalized spacial score (nSPS) is 11.2. The molecule has 4 N–H and O–H groups in total. The van der Waals surface area contributed by atoms with Crippen LogP contribution in [0.5, 0.6) is 0 Å². The number of nitrogen functional groups attached to an aromatic ring is 2. The van der Waals surface area contributed by atoms with Crippen molar-refractivity contribution in [3.63, 3.8) is 0 Å². The maximum Gasteiger partial charge on any atom is 0.0627 e. The summed E-state index contributed by atoms with van der Waals surface area (Å²) in [6, 6.07) is 10.5. The minimum absolute atomic E-state index is 0.678. The Bertz CT molecular complexity index is 604. The highest BCUT2D eigenvalue weighted by molar-refractivity contribution is 5.98. The summed E-state index contributed by atoms with van der Waals surface area (Å²) < 4.78 is 0. The van der Waals surface area contributed by atoms with Crippen molar-refractivity contribution in [1.82, 2.24) is 0 Å². The van der Waals surface area contributed by atoms with Gasteiger partial charge in [0.05, 0.1) is 11.4 Å². The standard InChI is InChI=1S/C21H32N2/c1-2-3-4-5-6-7-8-9-10-11-17-12-13-18-14-15-20(22)21(23)19(18)16-17/h12-16H,2-11,22-23H2,1H3. The monoisotopic (exact) mass is 312 g/mol. The predicted octanol–water partition coefficient (Wildman–Crippen LogP) is 6.08. The lowest BCUT2D eigenvalue weighted by molar-refractivity contribution is 0.565. The van der Waals surface area contributed by atoms with E-state index in [0.717, 1.165) is 17.5 Å². The van der Waals surface area contributed by atoms with Crippen molar-refractivity contribution in [3.8, 4) is 0 Å². The van der Waals surface area contributed by atoms with Gasteiger partial charge >= 0.3 is 0 Å². The third kappa shape index (κ3) is 5.46. The lowest BCUT2D eigenvalue weighted by atomic mass is 10.00. The number of unbranched alkanes of at least 4 members (excludes halogenated alkanes) is 8. The van der Waals surface area contributed by atoms with E-state index >= 15 is 0 Å². The topological polar surface area (TPSA) is 52.0 Å². The lowest BCUT2D eigenvalue weighted by Gasteiger charge is -2.08. The highest BCUT2D eigenvalue weighted by Crippen LogP contribution is 2.28. The van der Waals surface area contributed by atoms with E-state index in [2.05, 4.69) is 25.1 Å². The van der Waals surface area contributed by atoms with Crippen molar-refractivity contribution in [3.05, 3.63) is 35.9 Å². The summed E-state index contributed by atoms with van der Waals surface area (Å²) in [6.45, 7) is 2.27. The second kappa shape index (κ2) is 9.44. The molecule has 0 saturated heterocycles. The molecule has 0 spiro atoms. The van der Waals surface area contributed by atoms with E-state index in [9.17, 15) is 0 Å². The van der Waals surface area contributed by atoms with Crippen molar-refractivity contribution in [2.24, 2.45) is 0 Å². The Morgan fingerprint density at radius 3 is 2.04 bits per heavy atom. The average Bonchev–Trinajstić information content (AvgIpc) is 2.57. The SMILES string of the molecule is CCCCCCCCCCCc1ccc2ccc(N)c(N)c2c1. The molecule has 23 heavy (non-hydrogen) atoms. The van der Waals surface area contributed by atoms with Gasteiger partial charge in [-0.3, -0.25) is 0 Å². The van der Waals surface area contributed by atoms with Crippen LogP contribution in [0.25, 0.3) is 10.8 Å². The molecule has 126 valence electrons. The van der Waals surface area contributed by atoms with E-state index in [0.29, 0.717) is 5.69 Å². The summed E-state index contributed by atoms with van der Waals surface area (Å²) in [5, 5.41) is 2.27. The summed E-state index contributed by atoms with van der Waals surface area (Å²) >= 11 is 0. The molecule has 0 bridgehead atoms. The first-order chi connectivity index (χ1) is 11.2. The van der Waals surface area contributed by atoms with Gasteiger partial charge in [-0.2, -0.15) is 0 Å². The van der Waals surface area contributed by atoms with Gasteiger partial charge in [-0.05, 0) is 35.9 Å². The Morgan fingerprint density at radius 2 is 1.35 bits per heavy atom. The Hall–Kier alpha value is -1.70. The van der Waals surface area contributed by atoms with E-state index in [1.54, 1.807) is 0 Å². The Balaban J connectivity index is 1.72. The summed E-state index contributed by atoms with van der Waals surface area (Å²) in [7, 11) is 0. The van der Waals surface area contributed by atoms with Gasteiger partial charge in [0.2, 0.25) is 0 Å². The molecule has 0 aliphatic heterocycles. The van der Waals surface area contributed by atoms with Crippen molar-refractivity contribution >= 4 is 22.1 Å². The highest BCUT2D eigenvalue weighted by atomic mass is 14.7. The van der Waals surface area contributed by atoms with Crippen LogP contribution in [0.2, 0.25) is 0 Å². The zero-order valence-corrected chi connectivity index (χ0v) is 14.6. The lowest BCUT2D eigenvalue weighted by Crippen LogP contribution is -1.96. The van der Waals surface area contributed by atoms with E-state index in [1.165, 1.54) is 68.7 Å². The van der Waals surface area contributed by atoms with Gasteiger partial charge in [0.15, 0.2) is 0 Å². The third-order valence-corrected chi connectivity index (χ3v) is 4.73. The van der Waals surface area contributed by atoms with Crippen molar-refractivity contribution < 1.29 is 0 Å². The largest absolute Gasteiger partial charge is 0.397 e. The van der Waals surface area contributed by atoms with Crippen molar-refractivity contribution in [2.75, 3.05) is 11.5 Å². The van der Waals surface area contributed by atoms with Crippen LogP contribution in [0.3, 0.4) is 0 Å². The number of benzene rings is 2. The Morgan fingerprint density at radius 1 is 0.739 bits per heavy atom. The summed E-state index contributed by atoms with van der Waals surface area (Å²) in [6.07, 6.45) is 13.5. The number of fused-ring (bicyclic) bond motifs is 1. The summed E-state index contributed by atoms with van der Waals surface area (Å²) in [5.74, 6) is 0. The van der Waals surface area contributed by atoms with Gasteiger partial charge in [-0.15, -0.1) is 0 Å². The third-order valence-electron chi connectivity index (χ3n) is 4.73. The number of hydrogen-bond acceptors (Lipinski definition) is 2. The zero-order valence-electron chi connectivity index (χ0n) is 14.6. The van der Waals surface area contributed by atoms with Gasteiger partial charge in [-0.1, -0.05) is 76.5 Å². The highest BCUT2D eigenvalue weighted by Gasteiger charge is 2.03. The molecule has 0 amide bonds. The smallest absolute Gasteiger partial charge is 0.0627 e. The van der Waals surface area contributed by atoms with E-state index in [1.807, 2.05) is 12.1 Å². The molecule has 2 aromatic rings. The first-order valence-corrected chi connectivity index (χ1v) is 9.29. The van der Waals surface area contributed by atoms with E-state index < -0.39 is 0 Å². The number of nitrogens with two attached hydrogens (primary N) is 2. The summed E-state index contributed by atoms with van der Waals surface area (Å²) in [4.78, 5) is 0. The molecule has 0 heterocycles. The molecule has 0 aromatic heterocycles. The van der Waals surface area contributed by atoms with Crippen LogP contribution in [0.15, 0.2) is 30.3 Å². The average molecular weight is 313 g/mol. The van der Waals surface area contributed by atoms with E-state index in [-0.39, 0.29) is 0 Å². The van der Waals surface area contributed by atoms with Gasteiger partial charge in [-0.25, -0.2) is 0 Å². The van der Waals surface area contributed by atoms with Crippen molar-refractivity contribution in [2.45, 2.75) is 71.1 Å². The summed E-state index contributed by atoms with van der Waals surface area (Å²) in [5.41, 5.74) is 14.8. The molecule has 0 atom stereocenters. The molecule has 0 aliphatic carbocycles. The molecule has 2 nitrogen and oxygen atoms in total. The number of hydrogen-bond donors (Lipinski definition) is 2. The van der Waals surface area contributed by atoms with Crippen LogP contribution in [-0.2, 0) is 6.42 Å². The molecular weight excluding hydrogens is 280 g/mol. The van der Waals surface area contributed by atoms with Gasteiger partial charge in [0.1, 0.15) is 0 Å². The number of anilines is 2. The second-order valence-corrected chi connectivity index (χ2v) is 6.70. The van der Waals surface area contributed by atoms with Crippen LogP contribution < -0.4 is 11.5 Å². The van der Waals surface area contributed by atoms with Gasteiger partial charge in [0.25, 0.3) is 0 Å². The zero-order chi connectivity index (χ0) is 16.5. The second-order valence-electron chi connectivity index (χ2n) is 6.70. The fourth-order valence-corrected chi connectivity index (χ4v) is 3.20. The van der Waals surface area contributed by atoms with Gasteiger partial charge in [0, 0.05) is 5.39 Å². The van der Waals surface area contributed by atoms with Crippen molar-refractivity contribution in [1.29, 1.82) is 0 Å². The first kappa shape index (κ1) is 17.7. The fourth-order valence-electron chi connectivity index (χ4n) is 3.20. The molecule has 2 heteroatoms. The van der Waals surface area contributed by atoms with Crippen LogP contribution in [0, 0.1) is 0 Å². The molecule has 0 radical (unpaired) electrons. The quantitative estimate of drug-likeness (QED) is 0.413. The van der Waals surface area contributed by atoms with Crippen LogP contribution in [-0.4, -0.2) is 0 Å². The maximum absolute atomic E-state index is 6.11. The fraction of sp³-hybridized carbons (Fsp3) is 0.524. The minimum atomic E-state index is 0.678. The molecule has 0 aliphatic rings. The molecule has 0 saturated carbocycles. The van der Waals surface area contributed by atoms with Gasteiger partial charge < -0.3 is 11.5 Å². The number of aryl methyl sites for hydroxylation is 1. The molecule has 0 fully saturated rings. The molecule has 2 rings (SSSR count). The van der Waals surface area contributed by atoms with E-state index in [4.69, 9.17) is 11.5 Å². The van der Waals surface area contributed by atoms with Crippen LogP contribution in [0.4, 0.5) is 11.4 Å². The molecular formula is C21H32N2. The van der Waals surface area contributed by atoms with Crippen LogP contribution >= 0.6 is 0 Å². The maximum atomic E-state index is 6.11. The Kier molecular flexibility index (Phi) is 7.25. The first-order valence-electron chi connectivity index (χ1n) is 9.29. The predicted molar refractivity (Wildman–Crippen MR) is 104 cm³/mol. The molecule has 0 unspecified atom stereocenters. The van der Waals surface area contributed by atoms with Crippen LogP contribution in [0.1, 0.15) is 70.3 Å².